The maximum absolute atomic E-state index is 12.8. The number of hydrogen-bond donors (Lipinski definition) is 3. The van der Waals surface area contributed by atoms with Gasteiger partial charge in [0.25, 0.3) is 0 Å². The molecule has 0 bridgehead atoms. The Balaban J connectivity index is 0.00000400. The maximum Gasteiger partial charge on any atom is 0.373 e. The van der Waals surface area contributed by atoms with Gasteiger partial charge in [0.15, 0.2) is 0 Å². The van der Waals surface area contributed by atoms with E-state index in [9.17, 15) is 13.2 Å². The summed E-state index contributed by atoms with van der Waals surface area (Å²) in [5.41, 5.74) is 0. The first kappa shape index (κ1) is 21.3. The summed E-state index contributed by atoms with van der Waals surface area (Å²) in [6.45, 7) is 4.89. The summed E-state index contributed by atoms with van der Waals surface area (Å²) in [5, 5.41) is 13.4. The molecule has 3 N–H and O–H groups in total. The molecule has 1 unspecified atom stereocenters. The fourth-order valence-electron chi connectivity index (χ4n) is 2.10. The Morgan fingerprint density at radius 2 is 1.24 bits per heavy atom. The van der Waals surface area contributed by atoms with Crippen molar-refractivity contribution in [1.82, 2.24) is 16.0 Å². The van der Waals surface area contributed by atoms with Crippen LogP contribution < -0.4 is 16.0 Å². The minimum Gasteiger partial charge on any atom is -0.652 e. The van der Waals surface area contributed by atoms with Gasteiger partial charge in [0.1, 0.15) is 0 Å². The zero-order chi connectivity index (χ0) is 14.7. The molecule has 21 heavy (non-hydrogen) atoms. The van der Waals surface area contributed by atoms with Crippen molar-refractivity contribution in [3.8, 4) is 0 Å². The van der Waals surface area contributed by atoms with Crippen molar-refractivity contribution < 1.29 is 34.9 Å². The van der Waals surface area contributed by atoms with Gasteiger partial charge in [-0.05, 0) is 64.6 Å². The van der Waals surface area contributed by atoms with Gasteiger partial charge in [-0.15, -0.1) is 6.54 Å². The number of nitrogens with one attached hydrogen (secondary N) is 3. The normalized spacial score (nSPS) is 25.0. The molecular weight excluding hydrogens is 317 g/mol. The van der Waals surface area contributed by atoms with E-state index in [1.807, 2.05) is 0 Å². The zero-order valence-electron chi connectivity index (χ0n) is 12.4. The second-order valence-corrected chi connectivity index (χ2v) is 5.06. The predicted octanol–water partition coefficient (Wildman–Crippen LogP) is 1.63. The van der Waals surface area contributed by atoms with E-state index in [1.54, 1.807) is 0 Å². The second kappa shape index (κ2) is 12.8. The van der Waals surface area contributed by atoms with E-state index in [4.69, 9.17) is 0 Å². The van der Waals surface area contributed by atoms with Gasteiger partial charge in [-0.25, -0.2) is 0 Å². The third-order valence-corrected chi connectivity index (χ3v) is 3.25. The largest absolute Gasteiger partial charge is 0.652 e. The summed E-state index contributed by atoms with van der Waals surface area (Å²) < 4.78 is 38.4. The van der Waals surface area contributed by atoms with Crippen molar-refractivity contribution in [2.45, 2.75) is 37.9 Å². The van der Waals surface area contributed by atoms with Crippen molar-refractivity contribution in [2.75, 3.05) is 45.8 Å². The van der Waals surface area contributed by atoms with Crippen LogP contribution in [0.1, 0.15) is 25.7 Å². The molecule has 0 aromatic heterocycles. The van der Waals surface area contributed by atoms with E-state index in [0.29, 0.717) is 13.0 Å². The van der Waals surface area contributed by atoms with Crippen LogP contribution in [-0.2, 0) is 21.7 Å². The van der Waals surface area contributed by atoms with Crippen molar-refractivity contribution in [1.29, 1.82) is 0 Å². The average molecular weight is 343 g/mol. The van der Waals surface area contributed by atoms with E-state index < -0.39 is 12.2 Å². The minimum atomic E-state index is -4.22. The van der Waals surface area contributed by atoms with Gasteiger partial charge < -0.3 is 21.3 Å². The number of nitrogens with zero attached hydrogens (tertiary/aromatic N) is 1. The Bertz CT molecular complexity index is 226. The standard InChI is InChI=1S/C13H26F3N4.Ti/c14-13(15,16)12-4-11-19-8-2-7-17-5-1-6-18-9-3-10-20-12;/h12,17-19H,1-11H2;/q-1;. The van der Waals surface area contributed by atoms with E-state index >= 15 is 0 Å². The van der Waals surface area contributed by atoms with Crippen LogP contribution in [0.3, 0.4) is 0 Å². The second-order valence-electron chi connectivity index (χ2n) is 5.06. The minimum absolute atomic E-state index is 0. The van der Waals surface area contributed by atoms with Crippen LogP contribution in [-0.4, -0.2) is 58.0 Å². The third-order valence-electron chi connectivity index (χ3n) is 3.25. The summed E-state index contributed by atoms with van der Waals surface area (Å²) in [7, 11) is 0. The molecule has 0 amide bonds. The van der Waals surface area contributed by atoms with Crippen LogP contribution in [0.15, 0.2) is 0 Å². The molecule has 0 aliphatic carbocycles. The quantitative estimate of drug-likeness (QED) is 0.586. The first-order chi connectivity index (χ1) is 9.61. The number of halogens is 3. The molecule has 0 spiro atoms. The Hall–Kier alpha value is 0.344. The van der Waals surface area contributed by atoms with E-state index in [2.05, 4.69) is 21.3 Å². The Labute approximate surface area is 140 Å². The Morgan fingerprint density at radius 3 is 1.76 bits per heavy atom. The topological polar surface area (TPSA) is 50.2 Å². The molecular formula is C13H26F3N4Ti-. The monoisotopic (exact) mass is 343 g/mol. The molecule has 124 valence electrons. The van der Waals surface area contributed by atoms with Crippen LogP contribution >= 0.6 is 0 Å². The van der Waals surface area contributed by atoms with Crippen LogP contribution in [0, 0.1) is 0 Å². The van der Waals surface area contributed by atoms with E-state index in [-0.39, 0.29) is 34.7 Å². The van der Waals surface area contributed by atoms with Crippen molar-refractivity contribution in [3.63, 3.8) is 0 Å². The van der Waals surface area contributed by atoms with Crippen LogP contribution in [0.25, 0.3) is 5.32 Å². The van der Waals surface area contributed by atoms with Crippen LogP contribution in [0.2, 0.25) is 0 Å². The molecule has 1 atom stereocenters. The molecule has 1 fully saturated rings. The predicted molar refractivity (Wildman–Crippen MR) is 75.1 cm³/mol. The number of hydrogen-bond acceptors (Lipinski definition) is 3. The van der Waals surface area contributed by atoms with Gasteiger partial charge >= 0.3 is 6.18 Å². The smallest absolute Gasteiger partial charge is 0.373 e. The van der Waals surface area contributed by atoms with Gasteiger partial charge in [0.2, 0.25) is 0 Å². The fourth-order valence-corrected chi connectivity index (χ4v) is 2.10. The maximum atomic E-state index is 12.8. The van der Waals surface area contributed by atoms with Gasteiger partial charge in [-0.1, -0.05) is 6.42 Å². The summed E-state index contributed by atoms with van der Waals surface area (Å²) in [6.07, 6.45) is -1.56. The summed E-state index contributed by atoms with van der Waals surface area (Å²) in [6, 6.07) is -1.53. The molecule has 0 aromatic carbocycles. The van der Waals surface area contributed by atoms with Crippen molar-refractivity contribution >= 4 is 0 Å². The fraction of sp³-hybridized carbons (Fsp3) is 1.00. The number of alkyl halides is 3. The first-order valence-corrected chi connectivity index (χ1v) is 7.46. The number of rotatable bonds is 0. The van der Waals surface area contributed by atoms with Gasteiger partial charge in [-0.2, -0.15) is 13.2 Å². The summed E-state index contributed by atoms with van der Waals surface area (Å²) in [5.74, 6) is 0. The molecule has 1 heterocycles. The molecule has 0 saturated carbocycles. The SMILES string of the molecule is FC(F)(F)C1CCNCCCNCCCNCCC[N-]1.[Ti]. The third kappa shape index (κ3) is 11.6. The molecule has 1 aliphatic heterocycles. The van der Waals surface area contributed by atoms with Gasteiger partial charge in [0, 0.05) is 21.7 Å². The molecule has 0 radical (unpaired) electrons. The molecule has 1 saturated heterocycles. The van der Waals surface area contributed by atoms with Crippen molar-refractivity contribution in [2.24, 2.45) is 0 Å². The van der Waals surface area contributed by atoms with E-state index in [0.717, 1.165) is 45.6 Å². The summed E-state index contributed by atoms with van der Waals surface area (Å²) >= 11 is 0. The van der Waals surface area contributed by atoms with E-state index in [1.165, 1.54) is 0 Å². The van der Waals surface area contributed by atoms with Crippen molar-refractivity contribution in [3.05, 3.63) is 5.32 Å². The molecule has 1 aliphatic rings. The van der Waals surface area contributed by atoms with Crippen LogP contribution in [0.4, 0.5) is 13.2 Å². The average Bonchev–Trinajstić information content (AvgIpc) is 2.37. The van der Waals surface area contributed by atoms with Gasteiger partial charge in [-0.3, -0.25) is 0 Å². The first-order valence-electron chi connectivity index (χ1n) is 7.46. The Morgan fingerprint density at radius 1 is 0.762 bits per heavy atom. The zero-order valence-corrected chi connectivity index (χ0v) is 14.0. The molecule has 4 nitrogen and oxygen atoms in total. The molecule has 0 aromatic rings. The Kier molecular flexibility index (Phi) is 13.1. The molecule has 1 rings (SSSR count). The van der Waals surface area contributed by atoms with Crippen LogP contribution in [0.5, 0.6) is 0 Å². The molecule has 8 heteroatoms. The summed E-state index contributed by atoms with van der Waals surface area (Å²) in [4.78, 5) is 0. The van der Waals surface area contributed by atoms with Gasteiger partial charge in [0.05, 0.1) is 0 Å².